The van der Waals surface area contributed by atoms with Gasteiger partial charge in [-0.25, -0.2) is 0 Å². The van der Waals surface area contributed by atoms with Crippen LogP contribution in [0.5, 0.6) is 0 Å². The van der Waals surface area contributed by atoms with Crippen LogP contribution >= 0.6 is 0 Å². The van der Waals surface area contributed by atoms with Gasteiger partial charge < -0.3 is 5.32 Å². The summed E-state index contributed by atoms with van der Waals surface area (Å²) in [6, 6.07) is 0.873. The van der Waals surface area contributed by atoms with Gasteiger partial charge >= 0.3 is 0 Å². The average Bonchev–Trinajstić information content (AvgIpc) is 2.22. The van der Waals surface area contributed by atoms with Gasteiger partial charge in [0.25, 0.3) is 0 Å². The Bertz CT molecular complexity index is 110. The van der Waals surface area contributed by atoms with Crippen LogP contribution in [0.25, 0.3) is 0 Å². The number of rotatable bonds is 0. The predicted molar refractivity (Wildman–Crippen MR) is 38.4 cm³/mol. The Hall–Kier alpha value is -0.0400. The molecule has 2 aliphatic rings. The molecule has 2 unspecified atom stereocenters. The van der Waals surface area contributed by atoms with Crippen LogP contribution in [0.1, 0.15) is 32.6 Å². The normalized spacial score (nSPS) is 49.7. The molecule has 1 N–H and O–H groups in total. The summed E-state index contributed by atoms with van der Waals surface area (Å²) in [4.78, 5) is 0. The Kier molecular flexibility index (Phi) is 1.10. The highest BCUT2D eigenvalue weighted by atomic mass is 15.0. The van der Waals surface area contributed by atoms with Crippen LogP contribution in [0.15, 0.2) is 0 Å². The molecule has 0 aromatic carbocycles. The topological polar surface area (TPSA) is 12.0 Å². The highest BCUT2D eigenvalue weighted by Gasteiger charge is 2.41. The molecule has 1 saturated heterocycles. The highest BCUT2D eigenvalue weighted by Crippen LogP contribution is 2.43. The molecule has 0 radical (unpaired) electrons. The van der Waals surface area contributed by atoms with Gasteiger partial charge in [0.2, 0.25) is 0 Å². The zero-order chi connectivity index (χ0) is 6.32. The molecule has 0 bridgehead atoms. The van der Waals surface area contributed by atoms with E-state index < -0.39 is 0 Å². The monoisotopic (exact) mass is 125 g/mol. The van der Waals surface area contributed by atoms with E-state index in [1.54, 1.807) is 0 Å². The third kappa shape index (κ3) is 0.710. The third-order valence-corrected chi connectivity index (χ3v) is 3.17. The van der Waals surface area contributed by atoms with E-state index in [1.807, 2.05) is 0 Å². The van der Waals surface area contributed by atoms with Crippen LogP contribution in [0.3, 0.4) is 0 Å². The third-order valence-electron chi connectivity index (χ3n) is 3.17. The fourth-order valence-electron chi connectivity index (χ4n) is 2.41. The lowest BCUT2D eigenvalue weighted by Crippen LogP contribution is -2.28. The summed E-state index contributed by atoms with van der Waals surface area (Å²) in [6.07, 6.45) is 5.76. The van der Waals surface area contributed by atoms with E-state index in [0.29, 0.717) is 5.41 Å². The lowest BCUT2D eigenvalue weighted by atomic mass is 9.85. The number of hydrogen-bond acceptors (Lipinski definition) is 1. The predicted octanol–water partition coefficient (Wildman–Crippen LogP) is 1.54. The molecule has 0 aromatic rings. The van der Waals surface area contributed by atoms with E-state index in [-0.39, 0.29) is 0 Å². The molecule has 1 nitrogen and oxygen atoms in total. The van der Waals surface area contributed by atoms with Gasteiger partial charge in [-0.15, -0.1) is 0 Å². The van der Waals surface area contributed by atoms with Crippen LogP contribution in [-0.4, -0.2) is 12.6 Å². The molecule has 9 heavy (non-hydrogen) atoms. The SMILES string of the molecule is CC12CCCC1NCC2. The van der Waals surface area contributed by atoms with Crippen LogP contribution in [-0.2, 0) is 0 Å². The van der Waals surface area contributed by atoms with Crippen molar-refractivity contribution in [3.05, 3.63) is 0 Å². The van der Waals surface area contributed by atoms with Gasteiger partial charge in [-0.3, -0.25) is 0 Å². The van der Waals surface area contributed by atoms with Gasteiger partial charge in [-0.05, 0) is 31.2 Å². The quantitative estimate of drug-likeness (QED) is 0.518. The highest BCUT2D eigenvalue weighted by molar-refractivity contribution is 4.98. The summed E-state index contributed by atoms with van der Waals surface area (Å²) >= 11 is 0. The van der Waals surface area contributed by atoms with Gasteiger partial charge in [-0.1, -0.05) is 13.3 Å². The van der Waals surface area contributed by atoms with Crippen LogP contribution in [0, 0.1) is 5.41 Å². The van der Waals surface area contributed by atoms with Crippen LogP contribution < -0.4 is 5.32 Å². The molecular formula is C8H15N. The standard InChI is InChI=1S/C8H15N/c1-8-4-2-3-7(8)9-6-5-8/h7,9H,2-6H2,1H3. The first-order valence-electron chi connectivity index (χ1n) is 4.05. The first-order valence-corrected chi connectivity index (χ1v) is 4.05. The fourth-order valence-corrected chi connectivity index (χ4v) is 2.41. The fraction of sp³-hybridized carbons (Fsp3) is 1.00. The number of fused-ring (bicyclic) bond motifs is 1. The summed E-state index contributed by atoms with van der Waals surface area (Å²) < 4.78 is 0. The smallest absolute Gasteiger partial charge is 0.0121 e. The van der Waals surface area contributed by atoms with Crippen molar-refractivity contribution >= 4 is 0 Å². The summed E-state index contributed by atoms with van der Waals surface area (Å²) in [7, 11) is 0. The van der Waals surface area contributed by atoms with E-state index in [9.17, 15) is 0 Å². The molecule has 1 heteroatoms. The molecule has 2 rings (SSSR count). The molecule has 2 fully saturated rings. The maximum atomic E-state index is 3.56. The minimum Gasteiger partial charge on any atom is -0.313 e. The van der Waals surface area contributed by atoms with Crippen molar-refractivity contribution < 1.29 is 0 Å². The van der Waals surface area contributed by atoms with E-state index in [4.69, 9.17) is 0 Å². The second-order valence-corrected chi connectivity index (χ2v) is 3.80. The van der Waals surface area contributed by atoms with Crippen molar-refractivity contribution in [2.45, 2.75) is 38.6 Å². The van der Waals surface area contributed by atoms with Crippen LogP contribution in [0.2, 0.25) is 0 Å². The van der Waals surface area contributed by atoms with Gasteiger partial charge in [0.05, 0.1) is 0 Å². The van der Waals surface area contributed by atoms with Crippen molar-refractivity contribution in [3.8, 4) is 0 Å². The van der Waals surface area contributed by atoms with Gasteiger partial charge in [0, 0.05) is 6.04 Å². The molecule has 1 aliphatic heterocycles. The summed E-state index contributed by atoms with van der Waals surface area (Å²) in [6.45, 7) is 3.70. The number of nitrogens with one attached hydrogen (secondary N) is 1. The molecule has 2 atom stereocenters. The zero-order valence-electron chi connectivity index (χ0n) is 6.11. The largest absolute Gasteiger partial charge is 0.313 e. The van der Waals surface area contributed by atoms with Crippen molar-refractivity contribution in [3.63, 3.8) is 0 Å². The van der Waals surface area contributed by atoms with E-state index in [1.165, 1.54) is 32.2 Å². The maximum Gasteiger partial charge on any atom is 0.0121 e. The molecule has 1 saturated carbocycles. The molecule has 1 heterocycles. The van der Waals surface area contributed by atoms with Gasteiger partial charge in [0.15, 0.2) is 0 Å². The first-order chi connectivity index (χ1) is 4.31. The molecule has 52 valence electrons. The Morgan fingerprint density at radius 1 is 1.44 bits per heavy atom. The van der Waals surface area contributed by atoms with Crippen LogP contribution in [0.4, 0.5) is 0 Å². The van der Waals surface area contributed by atoms with E-state index in [0.717, 1.165) is 6.04 Å². The summed E-state index contributed by atoms with van der Waals surface area (Å²) in [5, 5.41) is 3.56. The average molecular weight is 125 g/mol. The van der Waals surface area contributed by atoms with Gasteiger partial charge in [-0.2, -0.15) is 0 Å². The van der Waals surface area contributed by atoms with Crippen molar-refractivity contribution in [2.75, 3.05) is 6.54 Å². The Morgan fingerprint density at radius 3 is 3.11 bits per heavy atom. The Balaban J connectivity index is 2.17. The molecule has 1 aliphatic carbocycles. The minimum absolute atomic E-state index is 0.694. The van der Waals surface area contributed by atoms with Crippen molar-refractivity contribution in [1.82, 2.24) is 5.32 Å². The van der Waals surface area contributed by atoms with E-state index in [2.05, 4.69) is 12.2 Å². The molecule has 0 spiro atoms. The summed E-state index contributed by atoms with van der Waals surface area (Å²) in [5.74, 6) is 0. The lowest BCUT2D eigenvalue weighted by molar-refractivity contribution is 0.324. The van der Waals surface area contributed by atoms with E-state index >= 15 is 0 Å². The minimum atomic E-state index is 0.694. The second kappa shape index (κ2) is 1.72. The molecular weight excluding hydrogens is 110 g/mol. The molecule has 0 amide bonds. The Labute approximate surface area is 56.8 Å². The number of hydrogen-bond donors (Lipinski definition) is 1. The molecule has 0 aromatic heterocycles. The lowest BCUT2D eigenvalue weighted by Gasteiger charge is -2.21. The maximum absolute atomic E-state index is 3.56. The summed E-state index contributed by atoms with van der Waals surface area (Å²) in [5.41, 5.74) is 0.694. The van der Waals surface area contributed by atoms with Gasteiger partial charge in [0.1, 0.15) is 0 Å². The second-order valence-electron chi connectivity index (χ2n) is 3.80. The first kappa shape index (κ1) is 5.72. The zero-order valence-corrected chi connectivity index (χ0v) is 6.11. The van der Waals surface area contributed by atoms with Crippen molar-refractivity contribution in [2.24, 2.45) is 5.41 Å². The Morgan fingerprint density at radius 2 is 2.33 bits per heavy atom. The van der Waals surface area contributed by atoms with Crippen molar-refractivity contribution in [1.29, 1.82) is 0 Å².